The second kappa shape index (κ2) is 5.54. The normalized spacial score (nSPS) is 10.8. The van der Waals surface area contributed by atoms with Crippen molar-refractivity contribution in [1.29, 1.82) is 0 Å². The number of hydrogen-bond acceptors (Lipinski definition) is 4. The minimum Gasteiger partial charge on any atom is -0.326 e. The Bertz CT molecular complexity index is 703. The number of aromatic nitrogens is 1. The molecule has 0 spiro atoms. The van der Waals surface area contributed by atoms with E-state index in [0.29, 0.717) is 6.54 Å². The van der Waals surface area contributed by atoms with Gasteiger partial charge in [0.1, 0.15) is 5.01 Å². The number of rotatable bonds is 3. The molecule has 19 heavy (non-hydrogen) atoms. The van der Waals surface area contributed by atoms with Crippen molar-refractivity contribution in [2.24, 2.45) is 5.73 Å². The average Bonchev–Trinajstić information content (AvgIpc) is 3.07. The van der Waals surface area contributed by atoms with Crippen molar-refractivity contribution in [3.8, 4) is 21.1 Å². The summed E-state index contributed by atoms with van der Waals surface area (Å²) < 4.78 is 1.11. The molecule has 0 saturated carbocycles. The van der Waals surface area contributed by atoms with Gasteiger partial charge in [0, 0.05) is 27.3 Å². The maximum Gasteiger partial charge on any atom is 0.134 e. The van der Waals surface area contributed by atoms with Gasteiger partial charge in [-0.05, 0) is 33.6 Å². The van der Waals surface area contributed by atoms with Crippen molar-refractivity contribution >= 4 is 38.6 Å². The maximum absolute atomic E-state index is 5.67. The van der Waals surface area contributed by atoms with Crippen LogP contribution in [0.5, 0.6) is 0 Å². The SMILES string of the molecule is NCc1cccc(-c2csc(-c3cc(Br)cs3)n2)c1. The molecule has 2 nitrogen and oxygen atoms in total. The summed E-state index contributed by atoms with van der Waals surface area (Å²) in [4.78, 5) is 5.90. The Hall–Kier alpha value is -1.01. The molecule has 0 radical (unpaired) electrons. The van der Waals surface area contributed by atoms with Gasteiger partial charge < -0.3 is 5.73 Å². The summed E-state index contributed by atoms with van der Waals surface area (Å²) in [7, 11) is 0. The first kappa shape index (κ1) is 13.0. The molecule has 0 unspecified atom stereocenters. The molecule has 0 saturated heterocycles. The van der Waals surface area contributed by atoms with Gasteiger partial charge >= 0.3 is 0 Å². The highest BCUT2D eigenvalue weighted by Crippen LogP contribution is 2.34. The number of thiophene rings is 1. The Morgan fingerprint density at radius 2 is 2.05 bits per heavy atom. The van der Waals surface area contributed by atoms with Crippen molar-refractivity contribution in [3.63, 3.8) is 0 Å². The van der Waals surface area contributed by atoms with Gasteiger partial charge in [0.2, 0.25) is 0 Å². The predicted molar refractivity (Wildman–Crippen MR) is 86.5 cm³/mol. The molecule has 2 aromatic heterocycles. The molecular formula is C14H11BrN2S2. The Balaban J connectivity index is 1.96. The topological polar surface area (TPSA) is 38.9 Å². The van der Waals surface area contributed by atoms with Crippen LogP contribution in [0.1, 0.15) is 5.56 Å². The summed E-state index contributed by atoms with van der Waals surface area (Å²) in [5.41, 5.74) is 8.94. The monoisotopic (exact) mass is 350 g/mol. The summed E-state index contributed by atoms with van der Waals surface area (Å²) in [5.74, 6) is 0. The predicted octanol–water partition coefficient (Wildman–Crippen LogP) is 4.76. The van der Waals surface area contributed by atoms with E-state index in [9.17, 15) is 0 Å². The third kappa shape index (κ3) is 2.79. The van der Waals surface area contributed by atoms with Crippen LogP contribution in [-0.2, 0) is 6.54 Å². The van der Waals surface area contributed by atoms with E-state index in [0.717, 1.165) is 26.3 Å². The van der Waals surface area contributed by atoms with E-state index >= 15 is 0 Å². The number of nitrogens with zero attached hydrogens (tertiary/aromatic N) is 1. The first-order chi connectivity index (χ1) is 9.26. The molecule has 3 aromatic rings. The summed E-state index contributed by atoms with van der Waals surface area (Å²) in [6, 6.07) is 10.3. The van der Waals surface area contributed by atoms with Gasteiger partial charge in [-0.2, -0.15) is 0 Å². The molecule has 0 bridgehead atoms. The van der Waals surface area contributed by atoms with Gasteiger partial charge in [-0.15, -0.1) is 22.7 Å². The van der Waals surface area contributed by atoms with Crippen molar-refractivity contribution in [2.45, 2.75) is 6.54 Å². The smallest absolute Gasteiger partial charge is 0.134 e. The molecule has 0 aliphatic rings. The second-order valence-electron chi connectivity index (χ2n) is 4.07. The lowest BCUT2D eigenvalue weighted by Gasteiger charge is -2.00. The number of nitrogens with two attached hydrogens (primary N) is 1. The van der Waals surface area contributed by atoms with Gasteiger partial charge in [-0.3, -0.25) is 0 Å². The third-order valence-electron chi connectivity index (χ3n) is 2.74. The van der Waals surface area contributed by atoms with E-state index in [4.69, 9.17) is 10.7 Å². The summed E-state index contributed by atoms with van der Waals surface area (Å²) >= 11 is 6.84. The Morgan fingerprint density at radius 3 is 2.79 bits per heavy atom. The summed E-state index contributed by atoms with van der Waals surface area (Å²) in [6.07, 6.45) is 0. The molecular weight excluding hydrogens is 340 g/mol. The van der Waals surface area contributed by atoms with Gasteiger partial charge in [0.15, 0.2) is 0 Å². The number of halogens is 1. The minimum atomic E-state index is 0.558. The highest BCUT2D eigenvalue weighted by atomic mass is 79.9. The molecule has 0 fully saturated rings. The number of thiazole rings is 1. The highest BCUT2D eigenvalue weighted by molar-refractivity contribution is 9.10. The molecule has 0 amide bonds. The third-order valence-corrected chi connectivity index (χ3v) is 5.44. The lowest BCUT2D eigenvalue weighted by Crippen LogP contribution is -1.95. The van der Waals surface area contributed by atoms with E-state index in [1.165, 1.54) is 4.88 Å². The van der Waals surface area contributed by atoms with Crippen molar-refractivity contribution in [1.82, 2.24) is 4.98 Å². The molecule has 96 valence electrons. The minimum absolute atomic E-state index is 0.558. The molecule has 5 heteroatoms. The standard InChI is InChI=1S/C14H11BrN2S2/c15-11-5-13(18-7-11)14-17-12(8-19-14)10-3-1-2-9(4-10)6-16/h1-5,7-8H,6,16H2. The number of hydrogen-bond donors (Lipinski definition) is 1. The first-order valence-corrected chi connectivity index (χ1v) is 8.31. The van der Waals surface area contributed by atoms with Crippen molar-refractivity contribution in [2.75, 3.05) is 0 Å². The lowest BCUT2D eigenvalue weighted by atomic mass is 10.1. The molecule has 0 aliphatic heterocycles. The van der Waals surface area contributed by atoms with Gasteiger partial charge in [-0.1, -0.05) is 18.2 Å². The zero-order valence-corrected chi connectivity index (χ0v) is 13.2. The molecule has 2 heterocycles. The maximum atomic E-state index is 5.67. The van der Waals surface area contributed by atoms with Crippen LogP contribution in [0.4, 0.5) is 0 Å². The first-order valence-electron chi connectivity index (χ1n) is 5.75. The second-order valence-corrected chi connectivity index (χ2v) is 6.76. The van der Waals surface area contributed by atoms with Crippen LogP contribution in [0.2, 0.25) is 0 Å². The molecule has 0 aliphatic carbocycles. The van der Waals surface area contributed by atoms with Crippen molar-refractivity contribution in [3.05, 3.63) is 51.1 Å². The Kier molecular flexibility index (Phi) is 3.79. The summed E-state index contributed by atoms with van der Waals surface area (Å²) in [6.45, 7) is 0.558. The van der Waals surface area contributed by atoms with Crippen LogP contribution in [0.25, 0.3) is 21.1 Å². The number of benzene rings is 1. The van der Waals surface area contributed by atoms with E-state index in [-0.39, 0.29) is 0 Å². The van der Waals surface area contributed by atoms with Crippen LogP contribution in [0.3, 0.4) is 0 Å². The van der Waals surface area contributed by atoms with E-state index in [1.54, 1.807) is 22.7 Å². The largest absolute Gasteiger partial charge is 0.326 e. The van der Waals surface area contributed by atoms with E-state index in [2.05, 4.69) is 44.9 Å². The summed E-state index contributed by atoms with van der Waals surface area (Å²) in [5, 5.41) is 5.23. The fourth-order valence-electron chi connectivity index (χ4n) is 1.80. The van der Waals surface area contributed by atoms with E-state index < -0.39 is 0 Å². The van der Waals surface area contributed by atoms with Crippen LogP contribution in [-0.4, -0.2) is 4.98 Å². The van der Waals surface area contributed by atoms with Crippen LogP contribution in [0, 0.1) is 0 Å². The zero-order chi connectivity index (χ0) is 13.2. The van der Waals surface area contributed by atoms with Gasteiger partial charge in [-0.25, -0.2) is 4.98 Å². The van der Waals surface area contributed by atoms with Crippen LogP contribution >= 0.6 is 38.6 Å². The quantitative estimate of drug-likeness (QED) is 0.739. The average molecular weight is 351 g/mol. The zero-order valence-electron chi connectivity index (χ0n) is 9.97. The fraction of sp³-hybridized carbons (Fsp3) is 0.0714. The Labute approximate surface area is 128 Å². The molecule has 2 N–H and O–H groups in total. The fourth-order valence-corrected chi connectivity index (χ4v) is 4.14. The van der Waals surface area contributed by atoms with Crippen LogP contribution < -0.4 is 5.73 Å². The van der Waals surface area contributed by atoms with Crippen LogP contribution in [0.15, 0.2) is 45.6 Å². The van der Waals surface area contributed by atoms with Gasteiger partial charge in [0.05, 0.1) is 10.6 Å². The van der Waals surface area contributed by atoms with Crippen molar-refractivity contribution < 1.29 is 0 Å². The highest BCUT2D eigenvalue weighted by Gasteiger charge is 2.08. The van der Waals surface area contributed by atoms with Gasteiger partial charge in [0.25, 0.3) is 0 Å². The molecule has 3 rings (SSSR count). The van der Waals surface area contributed by atoms with E-state index in [1.807, 2.05) is 12.1 Å². The Morgan fingerprint density at radius 1 is 1.16 bits per heavy atom. The molecule has 0 atom stereocenters. The molecule has 1 aromatic carbocycles. The lowest BCUT2D eigenvalue weighted by molar-refractivity contribution is 1.07.